The number of rotatable bonds is 4. The molecule has 0 saturated carbocycles. The zero-order chi connectivity index (χ0) is 17.2. The lowest BCUT2D eigenvalue weighted by atomic mass is 9.93. The number of amides is 1. The van der Waals surface area contributed by atoms with E-state index in [-0.39, 0.29) is 5.91 Å². The molecule has 0 N–H and O–H groups in total. The van der Waals surface area contributed by atoms with Crippen LogP contribution >= 0.6 is 0 Å². The molecule has 1 aliphatic rings. The molecule has 2 heterocycles. The maximum absolute atomic E-state index is 12.5. The Morgan fingerprint density at radius 3 is 2.65 bits per heavy atom. The van der Waals surface area contributed by atoms with E-state index in [1.807, 2.05) is 20.8 Å². The molecule has 1 aromatic heterocycles. The van der Waals surface area contributed by atoms with Gasteiger partial charge in [-0.1, -0.05) is 26.8 Å². The van der Waals surface area contributed by atoms with Gasteiger partial charge in [0.1, 0.15) is 0 Å². The molecular formula is C17H25N3O3. The molecular weight excluding hydrogens is 294 g/mol. The third-order valence-corrected chi connectivity index (χ3v) is 3.83. The number of nitrogens with zero attached hydrogens (tertiary/aromatic N) is 3. The summed E-state index contributed by atoms with van der Waals surface area (Å²) in [5.74, 6) is -0.356. The summed E-state index contributed by atoms with van der Waals surface area (Å²) in [6.07, 6.45) is 2.42. The lowest BCUT2D eigenvalue weighted by molar-refractivity contribution is -0.140. The third kappa shape index (κ3) is 3.46. The number of esters is 1. The molecule has 0 fully saturated rings. The molecule has 0 aliphatic carbocycles. The van der Waals surface area contributed by atoms with Crippen molar-refractivity contribution in [3.05, 3.63) is 29.6 Å². The van der Waals surface area contributed by atoms with Gasteiger partial charge in [0.25, 0.3) is 0 Å². The van der Waals surface area contributed by atoms with Crippen LogP contribution in [0.3, 0.4) is 0 Å². The van der Waals surface area contributed by atoms with Crippen LogP contribution in [0.1, 0.15) is 49.4 Å². The van der Waals surface area contributed by atoms with Crippen LogP contribution in [0.2, 0.25) is 0 Å². The first kappa shape index (κ1) is 17.2. The molecule has 0 radical (unpaired) electrons. The first-order chi connectivity index (χ1) is 10.8. The highest BCUT2D eigenvalue weighted by Gasteiger charge is 2.34. The smallest absolute Gasteiger partial charge is 0.359 e. The Balaban J connectivity index is 2.37. The molecule has 6 heteroatoms. The summed E-state index contributed by atoms with van der Waals surface area (Å²) in [5.41, 5.74) is 1.66. The average molecular weight is 319 g/mol. The maximum Gasteiger partial charge on any atom is 0.359 e. The van der Waals surface area contributed by atoms with E-state index in [0.717, 1.165) is 11.3 Å². The number of ether oxygens (including phenoxy) is 1. The van der Waals surface area contributed by atoms with E-state index < -0.39 is 11.4 Å². The molecule has 1 amide bonds. The van der Waals surface area contributed by atoms with Gasteiger partial charge >= 0.3 is 5.97 Å². The fourth-order valence-electron chi connectivity index (χ4n) is 2.78. The van der Waals surface area contributed by atoms with Gasteiger partial charge in [-0.2, -0.15) is 5.10 Å². The van der Waals surface area contributed by atoms with Crippen molar-refractivity contribution in [3.63, 3.8) is 0 Å². The Hall–Kier alpha value is -2.11. The van der Waals surface area contributed by atoms with Crippen LogP contribution in [0.15, 0.2) is 12.7 Å². The minimum Gasteiger partial charge on any atom is -0.461 e. The summed E-state index contributed by atoms with van der Waals surface area (Å²) < 4.78 is 6.89. The summed E-state index contributed by atoms with van der Waals surface area (Å²) in [7, 11) is 0. The minimum absolute atomic E-state index is 0.0782. The second kappa shape index (κ2) is 6.56. The zero-order valence-electron chi connectivity index (χ0n) is 14.4. The summed E-state index contributed by atoms with van der Waals surface area (Å²) in [6.45, 7) is 13.1. The monoisotopic (exact) mass is 319 g/mol. The van der Waals surface area contributed by atoms with Crippen molar-refractivity contribution >= 4 is 11.9 Å². The lowest BCUT2D eigenvalue weighted by Gasteiger charge is -2.32. The molecule has 1 aromatic rings. The van der Waals surface area contributed by atoms with E-state index in [9.17, 15) is 9.59 Å². The lowest BCUT2D eigenvalue weighted by Crippen LogP contribution is -2.42. The molecule has 6 nitrogen and oxygen atoms in total. The van der Waals surface area contributed by atoms with Gasteiger partial charge in [0.15, 0.2) is 5.69 Å². The van der Waals surface area contributed by atoms with Crippen molar-refractivity contribution < 1.29 is 14.3 Å². The van der Waals surface area contributed by atoms with Crippen molar-refractivity contribution in [2.45, 2.75) is 47.2 Å². The van der Waals surface area contributed by atoms with Gasteiger partial charge in [0.2, 0.25) is 5.91 Å². The second-order valence-corrected chi connectivity index (χ2v) is 6.69. The van der Waals surface area contributed by atoms with Gasteiger partial charge in [-0.15, -0.1) is 6.58 Å². The van der Waals surface area contributed by atoms with Crippen molar-refractivity contribution in [2.24, 2.45) is 5.41 Å². The Labute approximate surface area is 137 Å². The Morgan fingerprint density at radius 2 is 2.09 bits per heavy atom. The van der Waals surface area contributed by atoms with Crippen molar-refractivity contribution in [2.75, 3.05) is 13.2 Å². The van der Waals surface area contributed by atoms with Gasteiger partial charge in [0, 0.05) is 36.2 Å². The highest BCUT2D eigenvalue weighted by atomic mass is 16.5. The number of carbonyl (C=O) groups is 2. The maximum atomic E-state index is 12.5. The van der Waals surface area contributed by atoms with Crippen molar-refractivity contribution in [1.29, 1.82) is 0 Å². The van der Waals surface area contributed by atoms with Gasteiger partial charge in [0.05, 0.1) is 13.2 Å². The highest BCUT2D eigenvalue weighted by Crippen LogP contribution is 2.27. The zero-order valence-corrected chi connectivity index (χ0v) is 14.4. The quantitative estimate of drug-likeness (QED) is 0.630. The predicted octanol–water partition coefficient (Wildman–Crippen LogP) is 2.18. The van der Waals surface area contributed by atoms with Gasteiger partial charge in [-0.3, -0.25) is 9.48 Å². The molecule has 0 aromatic carbocycles. The number of carbonyl (C=O) groups excluding carboxylic acids is 2. The molecule has 2 rings (SSSR count). The summed E-state index contributed by atoms with van der Waals surface area (Å²) >= 11 is 0. The van der Waals surface area contributed by atoms with Gasteiger partial charge in [-0.25, -0.2) is 4.79 Å². The number of fused-ring (bicyclic) bond motifs is 1. The van der Waals surface area contributed by atoms with Crippen LogP contribution in [0.5, 0.6) is 0 Å². The van der Waals surface area contributed by atoms with E-state index in [1.54, 1.807) is 22.6 Å². The SMILES string of the molecule is C=CCn1nc(C(=O)OCC)c2c1CCN(C(=O)C(C)(C)C)C2. The number of hydrogen-bond donors (Lipinski definition) is 0. The first-order valence-electron chi connectivity index (χ1n) is 7.95. The van der Waals surface area contributed by atoms with E-state index >= 15 is 0 Å². The number of aromatic nitrogens is 2. The second-order valence-electron chi connectivity index (χ2n) is 6.69. The van der Waals surface area contributed by atoms with E-state index in [4.69, 9.17) is 4.74 Å². The van der Waals surface area contributed by atoms with Crippen molar-refractivity contribution in [3.8, 4) is 0 Å². The van der Waals surface area contributed by atoms with E-state index in [1.165, 1.54) is 0 Å². The van der Waals surface area contributed by atoms with Crippen molar-refractivity contribution in [1.82, 2.24) is 14.7 Å². The van der Waals surface area contributed by atoms with Crippen LogP contribution in [0.25, 0.3) is 0 Å². The normalized spacial score (nSPS) is 14.3. The third-order valence-electron chi connectivity index (χ3n) is 3.83. The topological polar surface area (TPSA) is 64.4 Å². The molecule has 1 aliphatic heterocycles. The summed E-state index contributed by atoms with van der Waals surface area (Å²) in [5, 5.41) is 4.39. The van der Waals surface area contributed by atoms with Crippen LogP contribution < -0.4 is 0 Å². The Kier molecular flexibility index (Phi) is 4.92. The molecule has 0 saturated heterocycles. The van der Waals surface area contributed by atoms with E-state index in [2.05, 4.69) is 11.7 Å². The van der Waals surface area contributed by atoms with Gasteiger partial charge in [-0.05, 0) is 6.92 Å². The molecule has 0 atom stereocenters. The highest BCUT2D eigenvalue weighted by molar-refractivity contribution is 5.90. The minimum atomic E-state index is -0.446. The number of hydrogen-bond acceptors (Lipinski definition) is 4. The number of allylic oxidation sites excluding steroid dienone is 1. The van der Waals surface area contributed by atoms with Crippen LogP contribution in [0, 0.1) is 5.41 Å². The summed E-state index contributed by atoms with van der Waals surface area (Å²) in [6, 6.07) is 0. The molecule has 23 heavy (non-hydrogen) atoms. The Bertz CT molecular complexity index is 626. The molecule has 126 valence electrons. The van der Waals surface area contributed by atoms with Crippen LogP contribution in [-0.4, -0.2) is 39.7 Å². The van der Waals surface area contributed by atoms with Crippen LogP contribution in [-0.2, 0) is 29.0 Å². The average Bonchev–Trinajstić information content (AvgIpc) is 2.84. The van der Waals surface area contributed by atoms with E-state index in [0.29, 0.717) is 38.4 Å². The Morgan fingerprint density at radius 1 is 1.39 bits per heavy atom. The van der Waals surface area contributed by atoms with Crippen LogP contribution in [0.4, 0.5) is 0 Å². The van der Waals surface area contributed by atoms with Gasteiger partial charge < -0.3 is 9.64 Å². The first-order valence-corrected chi connectivity index (χ1v) is 7.95. The fourth-order valence-corrected chi connectivity index (χ4v) is 2.78. The standard InChI is InChI=1S/C17H25N3O3/c1-6-9-20-13-8-10-19(16(22)17(3,4)5)11-12(13)14(18-20)15(21)23-7-2/h6H,1,7-11H2,2-5H3. The predicted molar refractivity (Wildman–Crippen MR) is 87.0 cm³/mol. The molecule has 0 bridgehead atoms. The molecule has 0 spiro atoms. The largest absolute Gasteiger partial charge is 0.461 e. The fraction of sp³-hybridized carbons (Fsp3) is 0.588. The molecule has 0 unspecified atom stereocenters. The summed E-state index contributed by atoms with van der Waals surface area (Å²) in [4.78, 5) is 26.5.